The van der Waals surface area contributed by atoms with E-state index in [4.69, 9.17) is 4.74 Å². The van der Waals surface area contributed by atoms with Gasteiger partial charge in [-0.05, 0) is 56.6 Å². The number of ether oxygens (including phenoxy) is 1. The number of aromatic nitrogens is 2. The molecule has 3 aromatic rings. The first-order valence-corrected chi connectivity index (χ1v) is 11.9. The molecule has 5 heterocycles. The van der Waals surface area contributed by atoms with Gasteiger partial charge in [-0.15, -0.1) is 0 Å². The molecule has 3 N–H and O–H groups in total. The number of esters is 1. The summed E-state index contributed by atoms with van der Waals surface area (Å²) in [6.45, 7) is 3.08. The second kappa shape index (κ2) is 8.62. The summed E-state index contributed by atoms with van der Waals surface area (Å²) < 4.78 is 21.0. The van der Waals surface area contributed by atoms with Crippen LogP contribution in [-0.4, -0.2) is 51.2 Å². The number of aryl methyl sites for hydroxylation is 2. The summed E-state index contributed by atoms with van der Waals surface area (Å²) in [6, 6.07) is 7.00. The van der Waals surface area contributed by atoms with Gasteiger partial charge in [-0.3, -0.25) is 9.69 Å². The summed E-state index contributed by atoms with van der Waals surface area (Å²) in [7, 11) is 0. The molecule has 0 bridgehead atoms. The van der Waals surface area contributed by atoms with E-state index < -0.39 is 0 Å². The number of hydrogen-bond donors (Lipinski definition) is 3. The zero-order valence-electron chi connectivity index (χ0n) is 19.1. The lowest BCUT2D eigenvalue weighted by molar-refractivity contribution is -0.133. The predicted molar refractivity (Wildman–Crippen MR) is 127 cm³/mol. The van der Waals surface area contributed by atoms with Crippen LogP contribution in [0, 0.1) is 5.82 Å². The SMILES string of the molecule is O=C1CNc2ccc(CNC3CCN(Cc4c(O)c5ccc(F)c6c5n(c4=O)CC6)CC3)nc2O1. The molecule has 35 heavy (non-hydrogen) atoms. The Hall–Kier alpha value is -3.50. The molecule has 0 unspecified atom stereocenters. The van der Waals surface area contributed by atoms with Gasteiger partial charge >= 0.3 is 5.97 Å². The molecular weight excluding hydrogens is 453 g/mol. The van der Waals surface area contributed by atoms with Crippen LogP contribution >= 0.6 is 0 Å². The standard InChI is InChI=1S/C25H26FN5O4/c26-19-3-2-17-22-16(19)7-10-31(22)25(34)18(23(17)33)13-30-8-5-14(6-9-30)27-11-15-1-4-20-24(29-15)35-21(32)12-28-20/h1-4,14,27-28,33H,5-13H2. The van der Waals surface area contributed by atoms with Crippen molar-refractivity contribution in [2.24, 2.45) is 0 Å². The molecule has 6 rings (SSSR count). The number of carbonyl (C=O) groups is 1. The normalized spacial score (nSPS) is 17.9. The summed E-state index contributed by atoms with van der Waals surface area (Å²) >= 11 is 0. The Labute approximate surface area is 200 Å². The van der Waals surface area contributed by atoms with E-state index >= 15 is 0 Å². The molecule has 0 aliphatic carbocycles. The second-order valence-corrected chi connectivity index (χ2v) is 9.37. The first kappa shape index (κ1) is 22.0. The van der Waals surface area contributed by atoms with E-state index in [0.29, 0.717) is 60.0 Å². The molecule has 0 amide bonds. The number of anilines is 1. The first-order chi connectivity index (χ1) is 17.0. The van der Waals surface area contributed by atoms with Gasteiger partial charge in [0.05, 0.1) is 22.5 Å². The Balaban J connectivity index is 1.10. The fourth-order valence-corrected chi connectivity index (χ4v) is 5.33. The number of benzene rings is 1. The topological polar surface area (TPSA) is 109 Å². The van der Waals surface area contributed by atoms with E-state index in [1.54, 1.807) is 10.6 Å². The minimum absolute atomic E-state index is 0.0293. The Bertz CT molecular complexity index is 1400. The monoisotopic (exact) mass is 479 g/mol. The summed E-state index contributed by atoms with van der Waals surface area (Å²) in [5.41, 5.74) is 2.70. The van der Waals surface area contributed by atoms with Crippen LogP contribution in [0.15, 0.2) is 29.1 Å². The van der Waals surface area contributed by atoms with Gasteiger partial charge in [0.2, 0.25) is 5.88 Å². The fourth-order valence-electron chi connectivity index (χ4n) is 5.33. The molecule has 9 nitrogen and oxygen atoms in total. The lowest BCUT2D eigenvalue weighted by Crippen LogP contribution is -2.42. The number of piperidine rings is 1. The van der Waals surface area contributed by atoms with E-state index in [2.05, 4.69) is 20.5 Å². The molecule has 1 fully saturated rings. The maximum absolute atomic E-state index is 14.2. The number of hydrogen-bond acceptors (Lipinski definition) is 8. The Morgan fingerprint density at radius 3 is 2.83 bits per heavy atom. The third-order valence-electron chi connectivity index (χ3n) is 7.22. The van der Waals surface area contributed by atoms with Gasteiger partial charge in [0.25, 0.3) is 5.56 Å². The maximum Gasteiger partial charge on any atom is 0.332 e. The average Bonchev–Trinajstić information content (AvgIpc) is 3.32. The zero-order chi connectivity index (χ0) is 24.1. The van der Waals surface area contributed by atoms with Gasteiger partial charge in [-0.1, -0.05) is 0 Å². The summed E-state index contributed by atoms with van der Waals surface area (Å²) in [6.07, 6.45) is 2.25. The highest BCUT2D eigenvalue weighted by Gasteiger charge is 2.27. The number of rotatable bonds is 5. The number of likely N-dealkylation sites (tertiary alicyclic amines) is 1. The van der Waals surface area contributed by atoms with Gasteiger partial charge < -0.3 is 25.0 Å². The fraction of sp³-hybridized carbons (Fsp3) is 0.400. The first-order valence-electron chi connectivity index (χ1n) is 11.9. The molecule has 3 aliphatic heterocycles. The van der Waals surface area contributed by atoms with Crippen molar-refractivity contribution in [3.8, 4) is 11.6 Å². The van der Waals surface area contributed by atoms with Crippen LogP contribution in [-0.2, 0) is 30.8 Å². The van der Waals surface area contributed by atoms with E-state index in [1.165, 1.54) is 6.07 Å². The third-order valence-corrected chi connectivity index (χ3v) is 7.22. The van der Waals surface area contributed by atoms with E-state index in [-0.39, 0.29) is 29.6 Å². The number of aromatic hydroxyl groups is 1. The van der Waals surface area contributed by atoms with E-state index in [0.717, 1.165) is 37.3 Å². The summed E-state index contributed by atoms with van der Waals surface area (Å²) in [5, 5.41) is 17.9. The number of nitrogens with zero attached hydrogens (tertiary/aromatic N) is 3. The molecule has 182 valence electrons. The smallest absolute Gasteiger partial charge is 0.332 e. The van der Waals surface area contributed by atoms with Gasteiger partial charge in [-0.25, -0.2) is 14.2 Å². The van der Waals surface area contributed by atoms with Crippen molar-refractivity contribution in [2.75, 3.05) is 25.0 Å². The lowest BCUT2D eigenvalue weighted by atomic mass is 10.0. The van der Waals surface area contributed by atoms with Crippen molar-refractivity contribution < 1.29 is 19.0 Å². The van der Waals surface area contributed by atoms with Crippen LogP contribution in [0.1, 0.15) is 29.7 Å². The van der Waals surface area contributed by atoms with Gasteiger partial charge in [0, 0.05) is 36.6 Å². The number of nitrogens with one attached hydrogen (secondary N) is 2. The number of halogens is 1. The van der Waals surface area contributed by atoms with Gasteiger partial charge in [0.1, 0.15) is 18.1 Å². The molecule has 10 heteroatoms. The average molecular weight is 480 g/mol. The molecule has 2 aromatic heterocycles. The molecule has 0 radical (unpaired) electrons. The molecule has 1 aromatic carbocycles. The molecule has 0 atom stereocenters. The highest BCUT2D eigenvalue weighted by Crippen LogP contribution is 2.34. The highest BCUT2D eigenvalue weighted by atomic mass is 19.1. The molecule has 0 spiro atoms. The Morgan fingerprint density at radius 2 is 2.00 bits per heavy atom. The highest BCUT2D eigenvalue weighted by molar-refractivity contribution is 5.90. The summed E-state index contributed by atoms with van der Waals surface area (Å²) in [5.74, 6) is -0.387. The minimum Gasteiger partial charge on any atom is -0.507 e. The maximum atomic E-state index is 14.2. The van der Waals surface area contributed by atoms with Crippen molar-refractivity contribution in [3.63, 3.8) is 0 Å². The van der Waals surface area contributed by atoms with Crippen LogP contribution in [0.25, 0.3) is 10.9 Å². The minimum atomic E-state index is -0.346. The van der Waals surface area contributed by atoms with Crippen molar-refractivity contribution in [1.29, 1.82) is 0 Å². The molecule has 0 saturated carbocycles. The zero-order valence-corrected chi connectivity index (χ0v) is 19.1. The summed E-state index contributed by atoms with van der Waals surface area (Å²) in [4.78, 5) is 31.2. The predicted octanol–water partition coefficient (Wildman–Crippen LogP) is 1.88. The largest absolute Gasteiger partial charge is 0.507 e. The Kier molecular flexibility index (Phi) is 5.42. The van der Waals surface area contributed by atoms with Crippen molar-refractivity contribution in [2.45, 2.75) is 44.9 Å². The van der Waals surface area contributed by atoms with Crippen LogP contribution in [0.2, 0.25) is 0 Å². The number of pyridine rings is 2. The quantitative estimate of drug-likeness (QED) is 0.476. The molecular formula is C25H26FN5O4. The van der Waals surface area contributed by atoms with Crippen LogP contribution in [0.5, 0.6) is 11.6 Å². The van der Waals surface area contributed by atoms with E-state index in [9.17, 15) is 19.1 Å². The van der Waals surface area contributed by atoms with Crippen molar-refractivity contribution >= 4 is 22.6 Å². The van der Waals surface area contributed by atoms with E-state index in [1.807, 2.05) is 12.1 Å². The van der Waals surface area contributed by atoms with Gasteiger partial charge in [-0.2, -0.15) is 0 Å². The lowest BCUT2D eigenvalue weighted by Gasteiger charge is -2.32. The second-order valence-electron chi connectivity index (χ2n) is 9.37. The number of carbonyl (C=O) groups excluding carboxylic acids is 1. The van der Waals surface area contributed by atoms with Gasteiger partial charge in [0.15, 0.2) is 0 Å². The molecule has 3 aliphatic rings. The number of fused-ring (bicyclic) bond motifs is 1. The van der Waals surface area contributed by atoms with Crippen LogP contribution in [0.3, 0.4) is 0 Å². The van der Waals surface area contributed by atoms with Crippen LogP contribution < -0.4 is 20.9 Å². The van der Waals surface area contributed by atoms with Crippen LogP contribution in [0.4, 0.5) is 10.1 Å². The third kappa shape index (κ3) is 3.92. The Morgan fingerprint density at radius 1 is 1.17 bits per heavy atom. The van der Waals surface area contributed by atoms with Crippen molar-refractivity contribution in [3.05, 3.63) is 57.3 Å². The van der Waals surface area contributed by atoms with Crippen molar-refractivity contribution in [1.82, 2.24) is 19.8 Å². The molecule has 1 saturated heterocycles.